The third kappa shape index (κ3) is 4.25. The number of carboxylic acid groups (broad SMARTS) is 1. The van der Waals surface area contributed by atoms with Crippen molar-refractivity contribution in [1.29, 1.82) is 0 Å². The summed E-state index contributed by atoms with van der Waals surface area (Å²) in [4.78, 5) is 15.6. The summed E-state index contributed by atoms with van der Waals surface area (Å²) in [6, 6.07) is 0.990. The lowest BCUT2D eigenvalue weighted by Crippen LogP contribution is -2.54. The molecule has 1 N–H and O–H groups in total. The maximum Gasteiger partial charge on any atom is 0.317 e. The third-order valence-corrected chi connectivity index (χ3v) is 3.84. The van der Waals surface area contributed by atoms with E-state index in [9.17, 15) is 4.79 Å². The summed E-state index contributed by atoms with van der Waals surface area (Å²) in [5.41, 5.74) is -0.0803. The van der Waals surface area contributed by atoms with E-state index in [-0.39, 0.29) is 12.1 Å². The van der Waals surface area contributed by atoms with Crippen LogP contribution in [0.25, 0.3) is 0 Å². The van der Waals surface area contributed by atoms with Gasteiger partial charge in [-0.15, -0.1) is 0 Å². The highest BCUT2D eigenvalue weighted by molar-refractivity contribution is 5.69. The van der Waals surface area contributed by atoms with Gasteiger partial charge in [0.15, 0.2) is 0 Å². The average Bonchev–Trinajstić information content (AvgIpc) is 2.24. The number of hydrogen-bond donors (Lipinski definition) is 1. The van der Waals surface area contributed by atoms with Gasteiger partial charge in [0.05, 0.1) is 6.54 Å². The van der Waals surface area contributed by atoms with Crippen molar-refractivity contribution in [2.45, 2.75) is 65.1 Å². The normalized spacial score (nSPS) is 19.7. The lowest BCUT2D eigenvalue weighted by molar-refractivity contribution is -0.141. The van der Waals surface area contributed by atoms with Gasteiger partial charge in [-0.3, -0.25) is 9.69 Å². The highest BCUT2D eigenvalue weighted by Crippen LogP contribution is 2.24. The molecular formula is C14H28N2O2. The zero-order valence-corrected chi connectivity index (χ0v) is 12.4. The molecule has 1 fully saturated rings. The number of rotatable bonds is 4. The van der Waals surface area contributed by atoms with E-state index in [1.54, 1.807) is 0 Å². The fourth-order valence-electron chi connectivity index (χ4n) is 2.77. The van der Waals surface area contributed by atoms with E-state index in [1.165, 1.54) is 0 Å². The molecule has 0 amide bonds. The molecule has 1 aliphatic heterocycles. The van der Waals surface area contributed by atoms with Crippen LogP contribution in [0.15, 0.2) is 0 Å². The first-order valence-corrected chi connectivity index (χ1v) is 6.94. The summed E-state index contributed by atoms with van der Waals surface area (Å²) in [6.45, 7) is 13.1. The fraction of sp³-hybridized carbons (Fsp3) is 0.929. The van der Waals surface area contributed by atoms with Gasteiger partial charge >= 0.3 is 5.97 Å². The predicted molar refractivity (Wildman–Crippen MR) is 73.8 cm³/mol. The molecule has 0 bridgehead atoms. The van der Waals surface area contributed by atoms with Crippen molar-refractivity contribution in [3.8, 4) is 0 Å². The minimum absolute atomic E-state index is 0.0803. The quantitative estimate of drug-likeness (QED) is 0.836. The molecule has 1 aliphatic rings. The van der Waals surface area contributed by atoms with Crippen LogP contribution in [0.5, 0.6) is 0 Å². The Labute approximate surface area is 111 Å². The van der Waals surface area contributed by atoms with Gasteiger partial charge in [-0.25, -0.2) is 0 Å². The summed E-state index contributed by atoms with van der Waals surface area (Å²) in [7, 11) is 0. The van der Waals surface area contributed by atoms with Crippen molar-refractivity contribution in [1.82, 2.24) is 9.80 Å². The van der Waals surface area contributed by atoms with Crippen molar-refractivity contribution in [3.05, 3.63) is 0 Å². The molecule has 0 aromatic rings. The predicted octanol–water partition coefficient (Wildman–Crippen LogP) is 2.04. The Kier molecular flexibility index (Phi) is 5.17. The van der Waals surface area contributed by atoms with Crippen molar-refractivity contribution >= 4 is 5.97 Å². The van der Waals surface area contributed by atoms with E-state index in [4.69, 9.17) is 5.11 Å². The molecule has 1 rings (SSSR count). The molecule has 0 unspecified atom stereocenters. The minimum Gasteiger partial charge on any atom is -0.480 e. The van der Waals surface area contributed by atoms with Crippen molar-refractivity contribution in [2.24, 2.45) is 0 Å². The van der Waals surface area contributed by atoms with Crippen LogP contribution in [-0.4, -0.2) is 58.1 Å². The van der Waals surface area contributed by atoms with E-state index < -0.39 is 5.97 Å². The monoisotopic (exact) mass is 256 g/mol. The summed E-state index contributed by atoms with van der Waals surface area (Å²) in [6.07, 6.45) is 2.14. The summed E-state index contributed by atoms with van der Waals surface area (Å²) in [5.74, 6) is -0.726. The molecule has 4 nitrogen and oxygen atoms in total. The van der Waals surface area contributed by atoms with Crippen molar-refractivity contribution in [3.63, 3.8) is 0 Å². The van der Waals surface area contributed by atoms with Gasteiger partial charge in [0.2, 0.25) is 0 Å². The standard InChI is InChI=1S/C14H28N2O2/c1-11(2)15-8-6-12(7-9-15)16(10-13(17)18)14(3,4)5/h11-12H,6-10H2,1-5H3,(H,17,18). The van der Waals surface area contributed by atoms with E-state index >= 15 is 0 Å². The van der Waals surface area contributed by atoms with Crippen LogP contribution in [0, 0.1) is 0 Å². The van der Waals surface area contributed by atoms with Gasteiger partial charge in [0, 0.05) is 17.6 Å². The number of hydrogen-bond acceptors (Lipinski definition) is 3. The number of carbonyl (C=O) groups is 1. The zero-order chi connectivity index (χ0) is 13.9. The van der Waals surface area contributed by atoms with Crippen LogP contribution >= 0.6 is 0 Å². The molecule has 1 heterocycles. The molecule has 0 radical (unpaired) electrons. The van der Waals surface area contributed by atoms with E-state index in [0.717, 1.165) is 25.9 Å². The number of aliphatic carboxylic acids is 1. The van der Waals surface area contributed by atoms with Crippen LogP contribution < -0.4 is 0 Å². The molecule has 0 spiro atoms. The van der Waals surface area contributed by atoms with Gasteiger partial charge in [0.25, 0.3) is 0 Å². The van der Waals surface area contributed by atoms with E-state index in [2.05, 4.69) is 44.4 Å². The van der Waals surface area contributed by atoms with Crippen LogP contribution in [0.2, 0.25) is 0 Å². The Morgan fingerprint density at radius 3 is 2.17 bits per heavy atom. The van der Waals surface area contributed by atoms with Crippen molar-refractivity contribution < 1.29 is 9.90 Å². The SMILES string of the molecule is CC(C)N1CCC(N(CC(=O)O)C(C)(C)C)CC1. The molecule has 4 heteroatoms. The van der Waals surface area contributed by atoms with E-state index in [1.807, 2.05) is 0 Å². The lowest BCUT2D eigenvalue weighted by Gasteiger charge is -2.45. The Balaban J connectivity index is 2.63. The first-order valence-electron chi connectivity index (χ1n) is 6.94. The smallest absolute Gasteiger partial charge is 0.317 e. The molecule has 0 aromatic carbocycles. The zero-order valence-electron chi connectivity index (χ0n) is 12.4. The van der Waals surface area contributed by atoms with Gasteiger partial charge in [-0.2, -0.15) is 0 Å². The summed E-state index contributed by atoms with van der Waals surface area (Å²) >= 11 is 0. The summed E-state index contributed by atoms with van der Waals surface area (Å²) in [5, 5.41) is 9.07. The number of likely N-dealkylation sites (tertiary alicyclic amines) is 1. The molecule has 18 heavy (non-hydrogen) atoms. The summed E-state index contributed by atoms with van der Waals surface area (Å²) < 4.78 is 0. The average molecular weight is 256 g/mol. The third-order valence-electron chi connectivity index (χ3n) is 3.84. The van der Waals surface area contributed by atoms with Gasteiger partial charge < -0.3 is 10.0 Å². The highest BCUT2D eigenvalue weighted by atomic mass is 16.4. The maximum absolute atomic E-state index is 11.0. The topological polar surface area (TPSA) is 43.8 Å². The molecule has 0 saturated carbocycles. The first kappa shape index (κ1) is 15.4. The molecular weight excluding hydrogens is 228 g/mol. The number of carboxylic acids is 1. The Morgan fingerprint density at radius 1 is 1.33 bits per heavy atom. The molecule has 0 atom stereocenters. The Bertz CT molecular complexity index is 276. The second-order valence-corrected chi connectivity index (χ2v) is 6.55. The van der Waals surface area contributed by atoms with Crippen LogP contribution in [0.3, 0.4) is 0 Å². The maximum atomic E-state index is 11.0. The van der Waals surface area contributed by atoms with Gasteiger partial charge in [0.1, 0.15) is 0 Å². The van der Waals surface area contributed by atoms with Crippen LogP contribution in [-0.2, 0) is 4.79 Å². The lowest BCUT2D eigenvalue weighted by atomic mass is 9.95. The first-order chi connectivity index (χ1) is 8.21. The largest absolute Gasteiger partial charge is 0.480 e. The molecule has 106 valence electrons. The van der Waals surface area contributed by atoms with Crippen LogP contribution in [0.4, 0.5) is 0 Å². The van der Waals surface area contributed by atoms with E-state index in [0.29, 0.717) is 12.1 Å². The second-order valence-electron chi connectivity index (χ2n) is 6.55. The Hall–Kier alpha value is -0.610. The van der Waals surface area contributed by atoms with Crippen LogP contribution in [0.1, 0.15) is 47.5 Å². The number of nitrogens with zero attached hydrogens (tertiary/aromatic N) is 2. The second kappa shape index (κ2) is 6.02. The van der Waals surface area contributed by atoms with Crippen molar-refractivity contribution in [2.75, 3.05) is 19.6 Å². The minimum atomic E-state index is -0.726. The van der Waals surface area contributed by atoms with Gasteiger partial charge in [-0.1, -0.05) is 0 Å². The molecule has 0 aliphatic carbocycles. The molecule has 0 aromatic heterocycles. The highest BCUT2D eigenvalue weighted by Gasteiger charge is 2.33. The number of piperidine rings is 1. The van der Waals surface area contributed by atoms with Gasteiger partial charge in [-0.05, 0) is 60.5 Å². The Morgan fingerprint density at radius 2 is 1.83 bits per heavy atom. The molecule has 1 saturated heterocycles. The fourth-order valence-corrected chi connectivity index (χ4v) is 2.77.